The van der Waals surface area contributed by atoms with Crippen LogP contribution in [0, 0.1) is 0 Å². The van der Waals surface area contributed by atoms with Crippen LogP contribution in [0.1, 0.15) is 17.9 Å². The molecule has 0 aliphatic carbocycles. The molecule has 1 unspecified atom stereocenters. The fourth-order valence-corrected chi connectivity index (χ4v) is 1.74. The summed E-state index contributed by atoms with van der Waals surface area (Å²) in [5.41, 5.74) is 1.14. The van der Waals surface area contributed by atoms with E-state index in [1.807, 2.05) is 37.3 Å². The van der Waals surface area contributed by atoms with Crippen molar-refractivity contribution in [3.63, 3.8) is 0 Å². The van der Waals surface area contributed by atoms with E-state index in [0.29, 0.717) is 12.3 Å². The van der Waals surface area contributed by atoms with Crippen LogP contribution in [0.5, 0.6) is 0 Å². The summed E-state index contributed by atoms with van der Waals surface area (Å²) in [6.45, 7) is 0.738. The highest BCUT2D eigenvalue weighted by atomic mass is 16.1. The van der Waals surface area contributed by atoms with Crippen molar-refractivity contribution in [2.75, 3.05) is 25.5 Å². The number of hydrogen-bond acceptors (Lipinski definition) is 3. The van der Waals surface area contributed by atoms with Gasteiger partial charge in [0, 0.05) is 39.2 Å². The first-order chi connectivity index (χ1) is 7.16. The molecule has 1 amide bonds. The van der Waals surface area contributed by atoms with Gasteiger partial charge in [-0.25, -0.2) is 4.98 Å². The number of pyridine rings is 1. The van der Waals surface area contributed by atoms with E-state index >= 15 is 0 Å². The molecular weight excluding hydrogens is 190 g/mol. The maximum absolute atomic E-state index is 11.1. The Hall–Kier alpha value is -1.58. The summed E-state index contributed by atoms with van der Waals surface area (Å²) in [4.78, 5) is 17.4. The average Bonchev–Trinajstić information content (AvgIpc) is 2.65. The van der Waals surface area contributed by atoms with Crippen LogP contribution in [-0.4, -0.2) is 31.5 Å². The molecule has 1 aromatic rings. The number of aromatic nitrogens is 1. The van der Waals surface area contributed by atoms with Crippen molar-refractivity contribution in [3.05, 3.63) is 23.9 Å². The van der Waals surface area contributed by atoms with E-state index in [1.54, 1.807) is 0 Å². The van der Waals surface area contributed by atoms with Gasteiger partial charge in [0.2, 0.25) is 5.91 Å². The number of hydrogen-bond donors (Lipinski definition) is 1. The molecule has 1 fully saturated rings. The van der Waals surface area contributed by atoms with Crippen molar-refractivity contribution in [2.45, 2.75) is 12.3 Å². The lowest BCUT2D eigenvalue weighted by molar-refractivity contribution is -0.119. The topological polar surface area (TPSA) is 45.2 Å². The highest BCUT2D eigenvalue weighted by Crippen LogP contribution is 2.23. The summed E-state index contributed by atoms with van der Waals surface area (Å²) in [6, 6.07) is 4.03. The Kier molecular flexibility index (Phi) is 2.58. The first kappa shape index (κ1) is 9.96. The molecule has 4 heteroatoms. The summed E-state index contributed by atoms with van der Waals surface area (Å²) in [5, 5.41) is 2.83. The fourth-order valence-electron chi connectivity index (χ4n) is 1.74. The minimum atomic E-state index is 0.136. The second kappa shape index (κ2) is 3.88. The number of carbonyl (C=O) groups excluding carboxylic acids is 1. The molecule has 0 radical (unpaired) electrons. The Balaban J connectivity index is 2.13. The Bertz CT molecular complexity index is 359. The molecule has 80 valence electrons. The predicted octanol–water partition coefficient (Wildman–Crippen LogP) is 0.751. The summed E-state index contributed by atoms with van der Waals surface area (Å²) in [5.74, 6) is 1.37. The minimum absolute atomic E-state index is 0.136. The first-order valence-corrected chi connectivity index (χ1v) is 5.07. The third kappa shape index (κ3) is 2.09. The SMILES string of the molecule is CN(C)c1ccc(C2CNC(=O)C2)cn1. The van der Waals surface area contributed by atoms with Gasteiger partial charge in [-0.2, -0.15) is 0 Å². The number of carbonyl (C=O) groups is 1. The maximum atomic E-state index is 11.1. The van der Waals surface area contributed by atoms with Gasteiger partial charge in [-0.05, 0) is 11.6 Å². The highest BCUT2D eigenvalue weighted by Gasteiger charge is 2.22. The standard InChI is InChI=1S/C11H15N3O/c1-14(2)10-4-3-8(6-12-10)9-5-11(15)13-7-9/h3-4,6,9H,5,7H2,1-2H3,(H,13,15). The van der Waals surface area contributed by atoms with Crippen LogP contribution in [-0.2, 0) is 4.79 Å². The Labute approximate surface area is 89.3 Å². The normalized spacial score (nSPS) is 20.1. The molecule has 1 aliphatic heterocycles. The first-order valence-electron chi connectivity index (χ1n) is 5.07. The lowest BCUT2D eigenvalue weighted by Gasteiger charge is -2.12. The van der Waals surface area contributed by atoms with Gasteiger partial charge in [0.15, 0.2) is 0 Å². The van der Waals surface area contributed by atoms with Crippen molar-refractivity contribution in [3.8, 4) is 0 Å². The van der Waals surface area contributed by atoms with Crippen LogP contribution in [0.25, 0.3) is 0 Å². The van der Waals surface area contributed by atoms with Gasteiger partial charge >= 0.3 is 0 Å². The molecule has 0 saturated carbocycles. The molecular formula is C11H15N3O. The number of amides is 1. The summed E-state index contributed by atoms with van der Waals surface area (Å²) < 4.78 is 0. The third-order valence-electron chi connectivity index (χ3n) is 2.68. The van der Waals surface area contributed by atoms with E-state index in [9.17, 15) is 4.79 Å². The zero-order chi connectivity index (χ0) is 10.8. The zero-order valence-electron chi connectivity index (χ0n) is 9.03. The molecule has 1 N–H and O–H groups in total. The lowest BCUT2D eigenvalue weighted by Crippen LogP contribution is -2.13. The van der Waals surface area contributed by atoms with Gasteiger partial charge in [0.05, 0.1) is 0 Å². The van der Waals surface area contributed by atoms with Crippen molar-refractivity contribution in [1.82, 2.24) is 10.3 Å². The lowest BCUT2D eigenvalue weighted by atomic mass is 10.0. The molecule has 15 heavy (non-hydrogen) atoms. The average molecular weight is 205 g/mol. The van der Waals surface area contributed by atoms with Crippen molar-refractivity contribution in [2.24, 2.45) is 0 Å². The van der Waals surface area contributed by atoms with Crippen molar-refractivity contribution < 1.29 is 4.79 Å². The van der Waals surface area contributed by atoms with E-state index < -0.39 is 0 Å². The van der Waals surface area contributed by atoms with Gasteiger partial charge in [-0.3, -0.25) is 4.79 Å². The molecule has 0 bridgehead atoms. The van der Waals surface area contributed by atoms with Gasteiger partial charge in [0.1, 0.15) is 5.82 Å². The number of nitrogens with one attached hydrogen (secondary N) is 1. The monoisotopic (exact) mass is 205 g/mol. The zero-order valence-corrected chi connectivity index (χ0v) is 9.03. The van der Waals surface area contributed by atoms with Crippen molar-refractivity contribution in [1.29, 1.82) is 0 Å². The van der Waals surface area contributed by atoms with Crippen LogP contribution in [0.3, 0.4) is 0 Å². The predicted molar refractivity (Wildman–Crippen MR) is 58.9 cm³/mol. The molecule has 1 aromatic heterocycles. The Morgan fingerprint density at radius 3 is 2.73 bits per heavy atom. The smallest absolute Gasteiger partial charge is 0.220 e. The molecule has 1 saturated heterocycles. The van der Waals surface area contributed by atoms with E-state index in [4.69, 9.17) is 0 Å². The van der Waals surface area contributed by atoms with Gasteiger partial charge < -0.3 is 10.2 Å². The minimum Gasteiger partial charge on any atom is -0.363 e. The largest absolute Gasteiger partial charge is 0.363 e. The number of nitrogens with zero attached hydrogens (tertiary/aromatic N) is 2. The van der Waals surface area contributed by atoms with E-state index in [2.05, 4.69) is 10.3 Å². The Morgan fingerprint density at radius 2 is 2.27 bits per heavy atom. The summed E-state index contributed by atoms with van der Waals surface area (Å²) in [7, 11) is 3.92. The van der Waals surface area contributed by atoms with E-state index in [1.165, 1.54) is 0 Å². The second-order valence-electron chi connectivity index (χ2n) is 4.05. The van der Waals surface area contributed by atoms with Gasteiger partial charge in [0.25, 0.3) is 0 Å². The highest BCUT2D eigenvalue weighted by molar-refractivity contribution is 5.79. The fraction of sp³-hybridized carbons (Fsp3) is 0.455. The van der Waals surface area contributed by atoms with Gasteiger partial charge in [-0.1, -0.05) is 6.07 Å². The van der Waals surface area contributed by atoms with Crippen molar-refractivity contribution >= 4 is 11.7 Å². The summed E-state index contributed by atoms with van der Waals surface area (Å²) >= 11 is 0. The third-order valence-corrected chi connectivity index (χ3v) is 2.68. The van der Waals surface area contributed by atoms with Crippen LogP contribution >= 0.6 is 0 Å². The molecule has 4 nitrogen and oxygen atoms in total. The molecule has 0 spiro atoms. The van der Waals surface area contributed by atoms with E-state index in [0.717, 1.165) is 17.9 Å². The molecule has 1 aliphatic rings. The van der Waals surface area contributed by atoms with Crippen LogP contribution in [0.2, 0.25) is 0 Å². The summed E-state index contributed by atoms with van der Waals surface area (Å²) in [6.07, 6.45) is 2.45. The van der Waals surface area contributed by atoms with Gasteiger partial charge in [-0.15, -0.1) is 0 Å². The molecule has 2 rings (SSSR count). The molecule has 1 atom stereocenters. The number of rotatable bonds is 2. The van der Waals surface area contributed by atoms with Crippen LogP contribution in [0.15, 0.2) is 18.3 Å². The number of anilines is 1. The quantitative estimate of drug-likeness (QED) is 0.775. The Morgan fingerprint density at radius 1 is 1.47 bits per heavy atom. The van der Waals surface area contributed by atoms with Crippen LogP contribution < -0.4 is 10.2 Å². The van der Waals surface area contributed by atoms with Crippen LogP contribution in [0.4, 0.5) is 5.82 Å². The second-order valence-corrected chi connectivity index (χ2v) is 4.05. The van der Waals surface area contributed by atoms with E-state index in [-0.39, 0.29) is 5.91 Å². The maximum Gasteiger partial charge on any atom is 0.220 e. The molecule has 2 heterocycles. The molecule has 0 aromatic carbocycles.